The molecule has 2 aromatic rings. The quantitative estimate of drug-likeness (QED) is 0.688. The summed E-state index contributed by atoms with van der Waals surface area (Å²) in [5.74, 6) is 0. The van der Waals surface area contributed by atoms with Crippen LogP contribution in [0.25, 0.3) is 5.65 Å². The van der Waals surface area contributed by atoms with E-state index in [1.165, 1.54) is 0 Å². The summed E-state index contributed by atoms with van der Waals surface area (Å²) in [4.78, 5) is 8.49. The number of hydrogen-bond acceptors (Lipinski definition) is 2. The van der Waals surface area contributed by atoms with Gasteiger partial charge in [-0.2, -0.15) is 0 Å². The molecule has 0 saturated heterocycles. The van der Waals surface area contributed by atoms with E-state index < -0.39 is 0 Å². The molecule has 4 heteroatoms. The first-order chi connectivity index (χ1) is 5.68. The molecule has 0 unspecified atom stereocenters. The van der Waals surface area contributed by atoms with Gasteiger partial charge >= 0.3 is 0 Å². The maximum atomic E-state index is 4.25. The van der Waals surface area contributed by atoms with E-state index in [0.717, 1.165) is 21.6 Å². The minimum absolute atomic E-state index is 0.841. The van der Waals surface area contributed by atoms with Gasteiger partial charge < -0.3 is 4.40 Å². The van der Waals surface area contributed by atoms with Crippen molar-refractivity contribution in [2.45, 2.75) is 13.8 Å². The van der Waals surface area contributed by atoms with Crippen LogP contribution >= 0.6 is 15.9 Å². The van der Waals surface area contributed by atoms with E-state index in [2.05, 4.69) is 25.9 Å². The van der Waals surface area contributed by atoms with Gasteiger partial charge in [-0.15, -0.1) is 0 Å². The van der Waals surface area contributed by atoms with Gasteiger partial charge in [0.05, 0.1) is 5.69 Å². The topological polar surface area (TPSA) is 30.2 Å². The number of hydrogen-bond donors (Lipinski definition) is 0. The smallest absolute Gasteiger partial charge is 0.158 e. The van der Waals surface area contributed by atoms with Crippen molar-refractivity contribution in [2.24, 2.45) is 0 Å². The first kappa shape index (κ1) is 7.73. The van der Waals surface area contributed by atoms with Gasteiger partial charge in [0.25, 0.3) is 0 Å². The molecule has 12 heavy (non-hydrogen) atoms. The molecule has 62 valence electrons. The molecule has 0 fully saturated rings. The predicted octanol–water partition coefficient (Wildman–Crippen LogP) is 2.11. The van der Waals surface area contributed by atoms with Crippen LogP contribution in [0.1, 0.15) is 11.4 Å². The third kappa shape index (κ3) is 1.03. The monoisotopic (exact) mass is 225 g/mol. The first-order valence-corrected chi connectivity index (χ1v) is 4.44. The average Bonchev–Trinajstić information content (AvgIpc) is 2.33. The molecule has 0 aliphatic rings. The summed E-state index contributed by atoms with van der Waals surface area (Å²) in [5, 5.41) is 0. The summed E-state index contributed by atoms with van der Waals surface area (Å²) < 4.78 is 2.86. The number of rotatable bonds is 0. The summed E-state index contributed by atoms with van der Waals surface area (Å²) in [5.41, 5.74) is 2.99. The highest BCUT2D eigenvalue weighted by Gasteiger charge is 2.03. The summed E-state index contributed by atoms with van der Waals surface area (Å²) in [6.45, 7) is 3.97. The number of halogens is 1. The van der Waals surface area contributed by atoms with Crippen LogP contribution in [-0.4, -0.2) is 14.4 Å². The van der Waals surface area contributed by atoms with Crippen LogP contribution in [-0.2, 0) is 0 Å². The zero-order valence-corrected chi connectivity index (χ0v) is 8.46. The van der Waals surface area contributed by atoms with Crippen molar-refractivity contribution in [3.8, 4) is 0 Å². The van der Waals surface area contributed by atoms with Crippen LogP contribution in [0, 0.1) is 13.8 Å². The Labute approximate surface area is 78.6 Å². The predicted molar refractivity (Wildman–Crippen MR) is 50.2 cm³/mol. The van der Waals surface area contributed by atoms with Crippen molar-refractivity contribution in [3.05, 3.63) is 28.4 Å². The maximum absolute atomic E-state index is 4.25. The lowest BCUT2D eigenvalue weighted by Gasteiger charge is -1.99. The largest absolute Gasteiger partial charge is 0.300 e. The lowest BCUT2D eigenvalue weighted by atomic mass is 10.5. The minimum Gasteiger partial charge on any atom is -0.300 e. The van der Waals surface area contributed by atoms with Gasteiger partial charge in [-0.25, -0.2) is 9.97 Å². The Hall–Kier alpha value is -0.900. The number of nitrogens with zero attached hydrogens (tertiary/aromatic N) is 3. The van der Waals surface area contributed by atoms with E-state index in [9.17, 15) is 0 Å². The lowest BCUT2D eigenvalue weighted by Crippen LogP contribution is -1.93. The van der Waals surface area contributed by atoms with Gasteiger partial charge in [-0.3, -0.25) is 0 Å². The van der Waals surface area contributed by atoms with E-state index in [0.29, 0.717) is 0 Å². The summed E-state index contributed by atoms with van der Waals surface area (Å²) in [6.07, 6.45) is 3.76. The van der Waals surface area contributed by atoms with Crippen LogP contribution < -0.4 is 0 Å². The highest BCUT2D eigenvalue weighted by Crippen LogP contribution is 2.13. The molecule has 0 amide bonds. The van der Waals surface area contributed by atoms with Gasteiger partial charge in [0.15, 0.2) is 5.65 Å². The van der Waals surface area contributed by atoms with Gasteiger partial charge in [0.1, 0.15) is 4.60 Å². The molecule has 0 atom stereocenters. The van der Waals surface area contributed by atoms with Crippen molar-refractivity contribution in [3.63, 3.8) is 0 Å². The molecular weight excluding hydrogens is 218 g/mol. The molecule has 0 bridgehead atoms. The summed E-state index contributed by atoms with van der Waals surface area (Å²) in [7, 11) is 0. The number of aryl methyl sites for hydroxylation is 2. The van der Waals surface area contributed by atoms with Crippen molar-refractivity contribution < 1.29 is 0 Å². The van der Waals surface area contributed by atoms with Crippen LogP contribution in [0.4, 0.5) is 0 Å². The first-order valence-electron chi connectivity index (χ1n) is 3.65. The SMILES string of the molecule is Cc1nc(Br)cn2c(C)cnc12. The van der Waals surface area contributed by atoms with Crippen LogP contribution in [0.2, 0.25) is 0 Å². The fourth-order valence-electron chi connectivity index (χ4n) is 1.22. The van der Waals surface area contributed by atoms with E-state index in [1.54, 1.807) is 0 Å². The van der Waals surface area contributed by atoms with Crippen molar-refractivity contribution in [2.75, 3.05) is 0 Å². The average molecular weight is 226 g/mol. The Morgan fingerprint density at radius 2 is 2.17 bits per heavy atom. The summed E-state index contributed by atoms with van der Waals surface area (Å²) >= 11 is 3.34. The molecule has 0 radical (unpaired) electrons. The molecular formula is C8H8BrN3. The zero-order chi connectivity index (χ0) is 8.72. The zero-order valence-electron chi connectivity index (χ0n) is 6.87. The third-order valence-corrected chi connectivity index (χ3v) is 2.20. The molecule has 0 aliphatic heterocycles. The number of fused-ring (bicyclic) bond motifs is 1. The highest BCUT2D eigenvalue weighted by atomic mass is 79.9. The normalized spacial score (nSPS) is 10.9. The standard InChI is InChI=1S/C8H8BrN3/c1-5-3-10-8-6(2)11-7(9)4-12(5)8/h3-4H,1-2H3. The van der Waals surface area contributed by atoms with Gasteiger partial charge in [0, 0.05) is 18.1 Å². The molecule has 0 aromatic carbocycles. The Morgan fingerprint density at radius 1 is 1.42 bits per heavy atom. The van der Waals surface area contributed by atoms with Gasteiger partial charge in [-0.05, 0) is 29.8 Å². The molecule has 0 aliphatic carbocycles. The maximum Gasteiger partial charge on any atom is 0.158 e. The minimum atomic E-state index is 0.841. The van der Waals surface area contributed by atoms with E-state index in [4.69, 9.17) is 0 Å². The van der Waals surface area contributed by atoms with E-state index in [1.807, 2.05) is 30.6 Å². The Morgan fingerprint density at radius 3 is 2.92 bits per heavy atom. The molecule has 0 N–H and O–H groups in total. The second kappa shape index (κ2) is 2.55. The second-order valence-corrected chi connectivity index (χ2v) is 3.55. The van der Waals surface area contributed by atoms with Gasteiger partial charge in [0.2, 0.25) is 0 Å². The molecule has 3 nitrogen and oxygen atoms in total. The Balaban J connectivity index is 2.92. The molecule has 2 heterocycles. The Kier molecular flexibility index (Phi) is 1.65. The van der Waals surface area contributed by atoms with Crippen molar-refractivity contribution in [1.82, 2.24) is 14.4 Å². The molecule has 2 rings (SSSR count). The van der Waals surface area contributed by atoms with Crippen LogP contribution in [0.15, 0.2) is 17.0 Å². The number of aromatic nitrogens is 3. The fourth-order valence-corrected chi connectivity index (χ4v) is 1.69. The Bertz CT molecular complexity index is 433. The second-order valence-electron chi connectivity index (χ2n) is 2.74. The van der Waals surface area contributed by atoms with E-state index in [-0.39, 0.29) is 0 Å². The van der Waals surface area contributed by atoms with Gasteiger partial charge in [-0.1, -0.05) is 0 Å². The van der Waals surface area contributed by atoms with E-state index >= 15 is 0 Å². The van der Waals surface area contributed by atoms with Crippen molar-refractivity contribution in [1.29, 1.82) is 0 Å². The number of imidazole rings is 1. The fraction of sp³-hybridized carbons (Fsp3) is 0.250. The molecule has 2 aromatic heterocycles. The van der Waals surface area contributed by atoms with Crippen LogP contribution in [0.3, 0.4) is 0 Å². The van der Waals surface area contributed by atoms with Crippen molar-refractivity contribution >= 4 is 21.6 Å². The molecule has 0 spiro atoms. The summed E-state index contributed by atoms with van der Waals surface area (Å²) in [6, 6.07) is 0. The lowest BCUT2D eigenvalue weighted by molar-refractivity contribution is 1.02. The van der Waals surface area contributed by atoms with Crippen LogP contribution in [0.5, 0.6) is 0 Å². The third-order valence-electron chi connectivity index (χ3n) is 1.82. The highest BCUT2D eigenvalue weighted by molar-refractivity contribution is 9.10. The molecule has 0 saturated carbocycles.